The number of para-hydroxylation sites is 1. The lowest BCUT2D eigenvalue weighted by molar-refractivity contribution is -0.117. The Kier molecular flexibility index (Phi) is 7.25. The van der Waals surface area contributed by atoms with E-state index in [2.05, 4.69) is 17.6 Å². The molecular formula is C19H29N3O2. The number of rotatable bonds is 8. The molecule has 5 heteroatoms. The number of nitrogens with zero attached hydrogens (tertiary/aromatic N) is 1. The van der Waals surface area contributed by atoms with Crippen molar-refractivity contribution in [1.29, 1.82) is 0 Å². The van der Waals surface area contributed by atoms with Gasteiger partial charge in [-0.3, -0.25) is 14.5 Å². The Balaban J connectivity index is 1.94. The number of amides is 2. The summed E-state index contributed by atoms with van der Waals surface area (Å²) in [5.74, 6) is -0.188. The van der Waals surface area contributed by atoms with Crippen molar-refractivity contribution in [2.24, 2.45) is 0 Å². The normalized spacial score (nSPS) is 14.8. The van der Waals surface area contributed by atoms with Crippen LogP contribution in [0.4, 0.5) is 5.69 Å². The predicted molar refractivity (Wildman–Crippen MR) is 97.2 cm³/mol. The van der Waals surface area contributed by atoms with Crippen LogP contribution in [0.3, 0.4) is 0 Å². The molecule has 0 spiro atoms. The summed E-state index contributed by atoms with van der Waals surface area (Å²) in [6.45, 7) is 3.36. The first-order valence-electron chi connectivity index (χ1n) is 8.98. The minimum Gasteiger partial charge on any atom is -0.349 e. The molecule has 2 amide bonds. The van der Waals surface area contributed by atoms with Crippen molar-refractivity contribution in [3.8, 4) is 0 Å². The second-order valence-corrected chi connectivity index (χ2v) is 6.64. The van der Waals surface area contributed by atoms with Crippen molar-refractivity contribution in [1.82, 2.24) is 10.2 Å². The van der Waals surface area contributed by atoms with Crippen molar-refractivity contribution in [3.05, 3.63) is 29.8 Å². The van der Waals surface area contributed by atoms with Crippen LogP contribution in [0.25, 0.3) is 0 Å². The second-order valence-electron chi connectivity index (χ2n) is 6.64. The maximum Gasteiger partial charge on any atom is 0.253 e. The summed E-state index contributed by atoms with van der Waals surface area (Å²) in [5, 5.41) is 5.96. The van der Waals surface area contributed by atoms with Gasteiger partial charge in [-0.1, -0.05) is 38.3 Å². The molecule has 1 aromatic rings. The summed E-state index contributed by atoms with van der Waals surface area (Å²) in [4.78, 5) is 26.7. The highest BCUT2D eigenvalue weighted by Crippen LogP contribution is 2.20. The van der Waals surface area contributed by atoms with E-state index in [-0.39, 0.29) is 17.9 Å². The van der Waals surface area contributed by atoms with Crippen LogP contribution in [-0.2, 0) is 4.79 Å². The van der Waals surface area contributed by atoms with Crippen molar-refractivity contribution < 1.29 is 9.59 Å². The maximum atomic E-state index is 12.5. The third kappa shape index (κ3) is 5.64. The minimum absolute atomic E-state index is 0.0882. The lowest BCUT2D eigenvalue weighted by atomic mass is 10.1. The van der Waals surface area contributed by atoms with Crippen molar-refractivity contribution >= 4 is 17.5 Å². The number of carbonyl (C=O) groups excluding carboxylic acids is 2. The van der Waals surface area contributed by atoms with E-state index in [0.717, 1.165) is 32.2 Å². The molecule has 1 saturated carbocycles. The Morgan fingerprint density at radius 3 is 2.62 bits per heavy atom. The number of nitrogens with one attached hydrogen (secondary N) is 2. The molecule has 1 aromatic carbocycles. The fourth-order valence-electron chi connectivity index (χ4n) is 3.07. The molecule has 0 atom stereocenters. The van der Waals surface area contributed by atoms with Gasteiger partial charge in [0.15, 0.2) is 0 Å². The van der Waals surface area contributed by atoms with Gasteiger partial charge in [0.05, 0.1) is 17.8 Å². The molecule has 0 aromatic heterocycles. The first kappa shape index (κ1) is 18.5. The number of anilines is 1. The lowest BCUT2D eigenvalue weighted by Gasteiger charge is -2.17. The lowest BCUT2D eigenvalue weighted by Crippen LogP contribution is -2.34. The zero-order valence-corrected chi connectivity index (χ0v) is 14.8. The summed E-state index contributed by atoms with van der Waals surface area (Å²) in [7, 11) is 1.94. The number of likely N-dealkylation sites (N-methyl/N-ethyl adjacent to an activating group) is 1. The third-order valence-corrected chi connectivity index (χ3v) is 4.44. The Morgan fingerprint density at radius 1 is 1.21 bits per heavy atom. The van der Waals surface area contributed by atoms with Crippen LogP contribution in [0.1, 0.15) is 55.8 Å². The summed E-state index contributed by atoms with van der Waals surface area (Å²) in [6, 6.07) is 7.48. The molecule has 0 radical (unpaired) electrons. The fourth-order valence-corrected chi connectivity index (χ4v) is 3.07. The molecule has 2 N–H and O–H groups in total. The Bertz CT molecular complexity index is 553. The van der Waals surface area contributed by atoms with Crippen molar-refractivity contribution in [2.75, 3.05) is 25.5 Å². The Hall–Kier alpha value is -1.88. The molecule has 2 rings (SSSR count). The second kappa shape index (κ2) is 9.42. The van der Waals surface area contributed by atoms with Crippen LogP contribution in [0.5, 0.6) is 0 Å². The molecule has 0 heterocycles. The zero-order chi connectivity index (χ0) is 17.4. The summed E-state index contributed by atoms with van der Waals surface area (Å²) >= 11 is 0. The first-order chi connectivity index (χ1) is 11.6. The van der Waals surface area contributed by atoms with Gasteiger partial charge in [-0.2, -0.15) is 0 Å². The van der Waals surface area contributed by atoms with E-state index < -0.39 is 0 Å². The fraction of sp³-hybridized carbons (Fsp3) is 0.579. The highest BCUT2D eigenvalue weighted by molar-refractivity contribution is 6.04. The first-order valence-corrected chi connectivity index (χ1v) is 8.98. The van der Waals surface area contributed by atoms with Crippen molar-refractivity contribution in [3.63, 3.8) is 0 Å². The minimum atomic E-state index is -0.0999. The average molecular weight is 331 g/mol. The molecule has 0 saturated heterocycles. The van der Waals surface area contributed by atoms with Gasteiger partial charge in [-0.05, 0) is 45.0 Å². The smallest absolute Gasteiger partial charge is 0.253 e. The molecule has 0 unspecified atom stereocenters. The SMILES string of the molecule is CCCCN(C)CC(=O)Nc1ccccc1C(=O)NC1CCCC1. The molecule has 1 fully saturated rings. The quantitative estimate of drug-likeness (QED) is 0.770. The van der Waals surface area contributed by atoms with Crippen LogP contribution in [0.2, 0.25) is 0 Å². The Morgan fingerprint density at radius 2 is 1.92 bits per heavy atom. The van der Waals surface area contributed by atoms with Crippen LogP contribution < -0.4 is 10.6 Å². The predicted octanol–water partition coefficient (Wildman–Crippen LogP) is 3.03. The standard InChI is InChI=1S/C19H29N3O2/c1-3-4-13-22(2)14-18(23)21-17-12-8-7-11-16(17)19(24)20-15-9-5-6-10-15/h7-8,11-12,15H,3-6,9-10,13-14H2,1-2H3,(H,20,24)(H,21,23). The summed E-state index contributed by atoms with van der Waals surface area (Å²) in [5.41, 5.74) is 1.12. The van der Waals surface area contributed by atoms with Gasteiger partial charge in [-0.15, -0.1) is 0 Å². The summed E-state index contributed by atoms with van der Waals surface area (Å²) < 4.78 is 0. The van der Waals surface area contributed by atoms with E-state index in [1.54, 1.807) is 12.1 Å². The molecule has 5 nitrogen and oxygen atoms in total. The largest absolute Gasteiger partial charge is 0.349 e. The maximum absolute atomic E-state index is 12.5. The highest BCUT2D eigenvalue weighted by Gasteiger charge is 2.20. The van der Waals surface area contributed by atoms with Crippen molar-refractivity contribution in [2.45, 2.75) is 51.5 Å². The van der Waals surface area contributed by atoms with Gasteiger partial charge < -0.3 is 10.6 Å². The van der Waals surface area contributed by atoms with E-state index in [0.29, 0.717) is 17.8 Å². The number of hydrogen-bond donors (Lipinski definition) is 2. The molecular weight excluding hydrogens is 302 g/mol. The number of benzene rings is 1. The van der Waals surface area contributed by atoms with E-state index in [9.17, 15) is 9.59 Å². The molecule has 1 aliphatic carbocycles. The highest BCUT2D eigenvalue weighted by atomic mass is 16.2. The Labute approximate surface area is 144 Å². The number of unbranched alkanes of at least 4 members (excludes halogenated alkanes) is 1. The monoisotopic (exact) mass is 331 g/mol. The van der Waals surface area contributed by atoms with Gasteiger partial charge >= 0.3 is 0 Å². The van der Waals surface area contributed by atoms with Gasteiger partial charge in [0.25, 0.3) is 5.91 Å². The number of hydrogen-bond acceptors (Lipinski definition) is 3. The third-order valence-electron chi connectivity index (χ3n) is 4.44. The molecule has 1 aliphatic rings. The van der Waals surface area contributed by atoms with Crippen LogP contribution in [0.15, 0.2) is 24.3 Å². The van der Waals surface area contributed by atoms with E-state index in [4.69, 9.17) is 0 Å². The van der Waals surface area contributed by atoms with E-state index in [1.165, 1.54) is 12.8 Å². The van der Waals surface area contributed by atoms with E-state index >= 15 is 0 Å². The van der Waals surface area contributed by atoms with Gasteiger partial charge in [0, 0.05) is 6.04 Å². The van der Waals surface area contributed by atoms with Gasteiger partial charge in [0.1, 0.15) is 0 Å². The van der Waals surface area contributed by atoms with E-state index in [1.807, 2.05) is 24.1 Å². The van der Waals surface area contributed by atoms with Crippen LogP contribution in [-0.4, -0.2) is 42.9 Å². The van der Waals surface area contributed by atoms with Gasteiger partial charge in [-0.25, -0.2) is 0 Å². The topological polar surface area (TPSA) is 61.4 Å². The van der Waals surface area contributed by atoms with Gasteiger partial charge in [0.2, 0.25) is 5.91 Å². The molecule has 132 valence electrons. The van der Waals surface area contributed by atoms with Crippen LogP contribution >= 0.6 is 0 Å². The molecule has 24 heavy (non-hydrogen) atoms. The number of carbonyl (C=O) groups is 2. The van der Waals surface area contributed by atoms with Crippen LogP contribution in [0, 0.1) is 0 Å². The molecule has 0 aliphatic heterocycles. The molecule has 0 bridgehead atoms. The summed E-state index contributed by atoms with van der Waals surface area (Å²) in [6.07, 6.45) is 6.62. The zero-order valence-electron chi connectivity index (χ0n) is 14.8. The average Bonchev–Trinajstić information content (AvgIpc) is 3.06.